The minimum atomic E-state index is 1.16. The molecule has 0 radical (unpaired) electrons. The molecule has 0 saturated carbocycles. The maximum atomic E-state index is 2.44. The zero-order valence-electron chi connectivity index (χ0n) is 72.2. The first-order chi connectivity index (χ1) is 65.5. The van der Waals surface area contributed by atoms with Crippen molar-refractivity contribution < 1.29 is 0 Å². The standard InChI is InChI=1S/3C42H28N2/c1-4-13-29(14-5-1)31-17-12-20-34(27-31)44-38-24-23-32(30-15-6-2-7-16-30)28-36(38)42-40(44)26-25-39-41(42)35-21-10-11-22-37(35)43(39)33-18-8-3-9-19-33;1-4-12-29(13-5-1)31-20-23-34(24-21-31)44-37-19-11-10-18-35(37)41-39(44)26-27-40-42(41)36-28-32(30-14-6-2-7-15-30)22-25-38(36)43(40)33-16-8-3-9-17-33;1-4-12-29(13-5-1)31-20-23-34(24-21-31)44-38-25-22-32(30-14-6-2-7-15-30)28-36(38)42-40(44)27-26-39-41(42)35-18-10-11-19-37(35)43(39)33-16-8-3-9-17-33/h3*1-28H. The Morgan fingerprint density at radius 1 is 0.0909 bits per heavy atom. The first-order valence-corrected chi connectivity index (χ1v) is 45.4. The molecule has 6 heteroatoms. The van der Waals surface area contributed by atoms with Crippen LogP contribution in [0.3, 0.4) is 0 Å². The van der Waals surface area contributed by atoms with Gasteiger partial charge >= 0.3 is 0 Å². The molecule has 0 unspecified atom stereocenters. The van der Waals surface area contributed by atoms with Gasteiger partial charge in [0, 0.05) is 98.8 Å². The van der Waals surface area contributed by atoms with Gasteiger partial charge < -0.3 is 27.4 Å². The molecule has 6 aromatic heterocycles. The molecular formula is C126H84N6. The third-order valence-electron chi connectivity index (χ3n) is 26.7. The first-order valence-electron chi connectivity index (χ1n) is 45.4. The van der Waals surface area contributed by atoms with E-state index < -0.39 is 0 Å². The van der Waals surface area contributed by atoms with Gasteiger partial charge in [0.25, 0.3) is 0 Å². The van der Waals surface area contributed by atoms with Crippen LogP contribution in [0.25, 0.3) is 232 Å². The number of hydrogen-bond acceptors (Lipinski definition) is 0. The van der Waals surface area contributed by atoms with Crippen molar-refractivity contribution >= 4 is 131 Å². The molecule has 0 amide bonds. The van der Waals surface area contributed by atoms with Gasteiger partial charge in [-0.3, -0.25) is 0 Å². The quantitative estimate of drug-likeness (QED) is 0.117. The van der Waals surface area contributed by atoms with Gasteiger partial charge in [0.15, 0.2) is 0 Å². The van der Waals surface area contributed by atoms with E-state index in [-0.39, 0.29) is 0 Å². The molecule has 0 aliphatic heterocycles. The Balaban J connectivity index is 0.000000106. The van der Waals surface area contributed by atoms with E-state index in [0.717, 1.165) is 17.1 Å². The van der Waals surface area contributed by atoms with Gasteiger partial charge in [0.1, 0.15) is 0 Å². The third kappa shape index (κ3) is 13.0. The summed E-state index contributed by atoms with van der Waals surface area (Å²) in [6.07, 6.45) is 0. The highest BCUT2D eigenvalue weighted by atomic mass is 15.0. The van der Waals surface area contributed by atoms with Crippen LogP contribution in [0.5, 0.6) is 0 Å². The fraction of sp³-hybridized carbons (Fsp3) is 0. The van der Waals surface area contributed by atoms with Crippen molar-refractivity contribution in [3.05, 3.63) is 510 Å². The highest BCUT2D eigenvalue weighted by Crippen LogP contribution is 2.49. The molecule has 0 aliphatic carbocycles. The predicted octanol–water partition coefficient (Wildman–Crippen LogP) is 33.6. The van der Waals surface area contributed by atoms with Crippen LogP contribution in [-0.4, -0.2) is 27.4 Å². The zero-order chi connectivity index (χ0) is 87.1. The topological polar surface area (TPSA) is 29.6 Å². The maximum Gasteiger partial charge on any atom is 0.0548 e. The van der Waals surface area contributed by atoms with Gasteiger partial charge in [-0.15, -0.1) is 0 Å². The van der Waals surface area contributed by atoms with Gasteiger partial charge in [-0.1, -0.05) is 346 Å². The number of nitrogens with zero attached hydrogens (tertiary/aromatic N) is 6. The summed E-state index contributed by atoms with van der Waals surface area (Å²) in [4.78, 5) is 0. The fourth-order valence-electron chi connectivity index (χ4n) is 20.9. The molecule has 132 heavy (non-hydrogen) atoms. The Morgan fingerprint density at radius 2 is 0.258 bits per heavy atom. The van der Waals surface area contributed by atoms with Gasteiger partial charge in [-0.2, -0.15) is 0 Å². The predicted molar refractivity (Wildman–Crippen MR) is 558 cm³/mol. The lowest BCUT2D eigenvalue weighted by Crippen LogP contribution is -1.95. The van der Waals surface area contributed by atoms with E-state index in [9.17, 15) is 0 Å². The van der Waals surface area contributed by atoms with Crippen molar-refractivity contribution in [3.8, 4) is 101 Å². The highest BCUT2D eigenvalue weighted by Gasteiger charge is 2.27. The molecule has 0 bridgehead atoms. The molecule has 618 valence electrons. The van der Waals surface area contributed by atoms with Crippen LogP contribution in [0, 0.1) is 0 Å². The second-order valence-electron chi connectivity index (χ2n) is 34.2. The number of aromatic nitrogens is 6. The summed E-state index contributed by atoms with van der Waals surface area (Å²) < 4.78 is 14.5. The molecule has 27 rings (SSSR count). The van der Waals surface area contributed by atoms with Crippen LogP contribution in [0.2, 0.25) is 0 Å². The van der Waals surface area contributed by atoms with E-state index in [4.69, 9.17) is 0 Å². The van der Waals surface area contributed by atoms with Crippen molar-refractivity contribution in [2.75, 3.05) is 0 Å². The number of benzene rings is 21. The summed E-state index contributed by atoms with van der Waals surface area (Å²) >= 11 is 0. The monoisotopic (exact) mass is 1680 g/mol. The summed E-state index contributed by atoms with van der Waals surface area (Å²) in [6, 6.07) is 184. The van der Waals surface area contributed by atoms with Crippen molar-refractivity contribution in [3.63, 3.8) is 0 Å². The van der Waals surface area contributed by atoms with Crippen LogP contribution < -0.4 is 0 Å². The van der Waals surface area contributed by atoms with E-state index in [2.05, 4.69) is 537 Å². The smallest absolute Gasteiger partial charge is 0.0548 e. The lowest BCUT2D eigenvalue weighted by atomic mass is 10.0. The molecule has 0 fully saturated rings. The Labute approximate surface area is 763 Å². The molecule has 0 saturated heterocycles. The summed E-state index contributed by atoms with van der Waals surface area (Å²) in [7, 11) is 0. The normalized spacial score (nSPS) is 11.6. The van der Waals surface area contributed by atoms with Gasteiger partial charge in [0.2, 0.25) is 0 Å². The second kappa shape index (κ2) is 32.4. The molecule has 0 atom stereocenters. The molecule has 0 N–H and O–H groups in total. The average molecular weight is 1680 g/mol. The van der Waals surface area contributed by atoms with E-state index >= 15 is 0 Å². The Bertz CT molecular complexity index is 9050. The SMILES string of the molecule is c1ccc(-c2ccc(-n3c4ccc(-c5ccccc5)cc4c4c5c6ccccc6n(-c6ccccc6)c5ccc43)cc2)cc1.c1ccc(-c2ccc(-n3c4ccccc4c4c5c6cc(-c7ccccc7)ccc6n(-c6ccccc6)c5ccc43)cc2)cc1.c1ccc(-c2cccc(-n3c4ccc(-c5ccccc5)cc4c4c5c6ccccc6n(-c6ccccc6)c5ccc43)c2)cc1. The Hall–Kier alpha value is -17.6. The minimum Gasteiger partial charge on any atom is -0.309 e. The number of rotatable bonds is 12. The number of fused-ring (bicyclic) bond motifs is 21. The summed E-state index contributed by atoms with van der Waals surface area (Å²) in [5.41, 5.74) is 36.2. The maximum absolute atomic E-state index is 2.44. The molecule has 27 aromatic rings. The molecule has 0 spiro atoms. The van der Waals surface area contributed by atoms with Crippen molar-refractivity contribution in [1.82, 2.24) is 27.4 Å². The molecule has 0 aliphatic rings. The van der Waals surface area contributed by atoms with Gasteiger partial charge in [-0.05, 0) is 231 Å². The van der Waals surface area contributed by atoms with Crippen LogP contribution in [0.4, 0.5) is 0 Å². The van der Waals surface area contributed by atoms with Crippen molar-refractivity contribution in [2.24, 2.45) is 0 Å². The van der Waals surface area contributed by atoms with Crippen molar-refractivity contribution in [1.29, 1.82) is 0 Å². The summed E-state index contributed by atoms with van der Waals surface area (Å²) in [6.45, 7) is 0. The second-order valence-corrected chi connectivity index (χ2v) is 34.2. The van der Waals surface area contributed by atoms with Crippen molar-refractivity contribution in [2.45, 2.75) is 0 Å². The Kier molecular flexibility index (Phi) is 18.8. The lowest BCUT2D eigenvalue weighted by molar-refractivity contribution is 1.17. The largest absolute Gasteiger partial charge is 0.309 e. The van der Waals surface area contributed by atoms with E-state index in [1.54, 1.807) is 0 Å². The van der Waals surface area contributed by atoms with Crippen LogP contribution >= 0.6 is 0 Å². The van der Waals surface area contributed by atoms with Gasteiger partial charge in [-0.25, -0.2) is 0 Å². The fourth-order valence-corrected chi connectivity index (χ4v) is 20.9. The first kappa shape index (κ1) is 76.8. The molecular weight excluding hydrogens is 1600 g/mol. The third-order valence-corrected chi connectivity index (χ3v) is 26.7. The van der Waals surface area contributed by atoms with Gasteiger partial charge in [0.05, 0.1) is 66.2 Å². The van der Waals surface area contributed by atoms with Crippen LogP contribution in [-0.2, 0) is 0 Å². The summed E-state index contributed by atoms with van der Waals surface area (Å²) in [5.74, 6) is 0. The molecule has 6 nitrogen and oxygen atoms in total. The molecule has 6 heterocycles. The summed E-state index contributed by atoms with van der Waals surface area (Å²) in [5, 5.41) is 15.3. The Morgan fingerprint density at radius 3 is 0.530 bits per heavy atom. The zero-order valence-corrected chi connectivity index (χ0v) is 72.2. The van der Waals surface area contributed by atoms with Crippen LogP contribution in [0.1, 0.15) is 0 Å². The minimum absolute atomic E-state index is 1.16. The number of hydrogen-bond donors (Lipinski definition) is 0. The van der Waals surface area contributed by atoms with E-state index in [1.165, 1.54) is 215 Å². The average Bonchev–Trinajstić information content (AvgIpc) is 1.55. The van der Waals surface area contributed by atoms with E-state index in [1.807, 2.05) is 0 Å². The lowest BCUT2D eigenvalue weighted by Gasteiger charge is -2.11. The highest BCUT2D eigenvalue weighted by molar-refractivity contribution is 6.32. The van der Waals surface area contributed by atoms with E-state index in [0.29, 0.717) is 0 Å². The number of para-hydroxylation sites is 6. The van der Waals surface area contributed by atoms with Crippen LogP contribution in [0.15, 0.2) is 510 Å². The molecule has 21 aromatic carbocycles.